The number of ketones is 1. The molecule has 0 aromatic heterocycles. The number of Topliss-reactive ketones (excluding diaryl/α,β-unsaturated/α-hetero) is 1. The number of ether oxygens (including phenoxy) is 1. The monoisotopic (exact) mass is 224 g/mol. The fraction of sp³-hybridized carbons (Fsp3) is 0.786. The van der Waals surface area contributed by atoms with Crippen molar-refractivity contribution in [2.75, 3.05) is 7.11 Å². The van der Waals surface area contributed by atoms with Crippen LogP contribution >= 0.6 is 0 Å². The Labute approximate surface area is 99.1 Å². The molecule has 0 aromatic carbocycles. The van der Waals surface area contributed by atoms with Crippen LogP contribution in [0.3, 0.4) is 0 Å². The molecule has 92 valence electrons. The maximum atomic E-state index is 12.1. The van der Waals surface area contributed by atoms with Crippen LogP contribution in [0.1, 0.15) is 52.4 Å². The second kappa shape index (κ2) is 5.13. The molecule has 0 N–H and O–H groups in total. The third-order valence-corrected chi connectivity index (χ3v) is 3.89. The largest absolute Gasteiger partial charge is 0.370 e. The minimum absolute atomic E-state index is 0.255. The molecule has 1 aliphatic carbocycles. The quantitative estimate of drug-likeness (QED) is 0.668. The summed E-state index contributed by atoms with van der Waals surface area (Å²) >= 11 is 0. The van der Waals surface area contributed by atoms with Crippen molar-refractivity contribution in [1.82, 2.24) is 0 Å². The summed E-state index contributed by atoms with van der Waals surface area (Å²) in [5, 5.41) is 0. The van der Waals surface area contributed by atoms with E-state index in [2.05, 4.69) is 20.4 Å². The van der Waals surface area contributed by atoms with Gasteiger partial charge in [0.25, 0.3) is 0 Å². The summed E-state index contributed by atoms with van der Waals surface area (Å²) in [6, 6.07) is 0. The van der Waals surface area contributed by atoms with Crippen LogP contribution in [0.4, 0.5) is 0 Å². The highest BCUT2D eigenvalue weighted by Crippen LogP contribution is 2.42. The maximum Gasteiger partial charge on any atom is 0.164 e. The Hall–Kier alpha value is -0.630. The molecular weight excluding hydrogens is 200 g/mol. The fourth-order valence-corrected chi connectivity index (χ4v) is 2.39. The number of methoxy groups -OCH3 is 1. The zero-order chi connectivity index (χ0) is 12.2. The summed E-state index contributed by atoms with van der Waals surface area (Å²) in [7, 11) is 1.67. The molecule has 0 atom stereocenters. The molecule has 0 bridgehead atoms. The third kappa shape index (κ3) is 2.94. The van der Waals surface area contributed by atoms with Gasteiger partial charge in [0.2, 0.25) is 0 Å². The van der Waals surface area contributed by atoms with Gasteiger partial charge in [0, 0.05) is 13.5 Å². The van der Waals surface area contributed by atoms with Crippen LogP contribution in [-0.4, -0.2) is 18.5 Å². The Morgan fingerprint density at radius 3 is 2.31 bits per heavy atom. The molecule has 0 unspecified atom stereocenters. The molecule has 1 fully saturated rings. The highest BCUT2D eigenvalue weighted by atomic mass is 16.5. The lowest BCUT2D eigenvalue weighted by Gasteiger charge is -2.41. The van der Waals surface area contributed by atoms with Crippen LogP contribution in [0.2, 0.25) is 0 Å². The molecule has 2 nitrogen and oxygen atoms in total. The Morgan fingerprint density at radius 2 is 1.88 bits per heavy atom. The van der Waals surface area contributed by atoms with Gasteiger partial charge in [-0.1, -0.05) is 19.9 Å². The summed E-state index contributed by atoms with van der Waals surface area (Å²) in [5.41, 5.74) is -0.140. The highest BCUT2D eigenvalue weighted by Gasteiger charge is 2.43. The summed E-state index contributed by atoms with van der Waals surface area (Å²) in [6.07, 6.45) is 7.00. The second-order valence-corrected chi connectivity index (χ2v) is 5.61. The van der Waals surface area contributed by atoms with Crippen LogP contribution in [0.15, 0.2) is 12.7 Å². The molecule has 2 heteroatoms. The van der Waals surface area contributed by atoms with Crippen molar-refractivity contribution in [2.45, 2.75) is 58.0 Å². The van der Waals surface area contributed by atoms with E-state index in [4.69, 9.17) is 4.74 Å². The van der Waals surface area contributed by atoms with Crippen molar-refractivity contribution in [3.05, 3.63) is 12.7 Å². The molecule has 1 rings (SSSR count). The van der Waals surface area contributed by atoms with E-state index < -0.39 is 5.60 Å². The van der Waals surface area contributed by atoms with E-state index in [1.807, 2.05) is 0 Å². The molecule has 0 aliphatic heterocycles. The minimum Gasteiger partial charge on any atom is -0.370 e. The van der Waals surface area contributed by atoms with E-state index in [0.717, 1.165) is 32.1 Å². The first-order valence-electron chi connectivity index (χ1n) is 6.15. The van der Waals surface area contributed by atoms with E-state index >= 15 is 0 Å². The van der Waals surface area contributed by atoms with Gasteiger partial charge < -0.3 is 4.74 Å². The Bertz CT molecular complexity index is 256. The van der Waals surface area contributed by atoms with E-state index in [1.54, 1.807) is 13.2 Å². The molecule has 0 amide bonds. The first-order valence-corrected chi connectivity index (χ1v) is 6.15. The number of hydrogen-bond acceptors (Lipinski definition) is 2. The zero-order valence-corrected chi connectivity index (χ0v) is 10.8. The maximum absolute atomic E-state index is 12.1. The van der Waals surface area contributed by atoms with Crippen molar-refractivity contribution in [3.8, 4) is 0 Å². The van der Waals surface area contributed by atoms with Crippen LogP contribution in [0.5, 0.6) is 0 Å². The van der Waals surface area contributed by atoms with E-state index in [-0.39, 0.29) is 5.78 Å². The van der Waals surface area contributed by atoms with Crippen molar-refractivity contribution in [3.63, 3.8) is 0 Å². The molecule has 0 aromatic rings. The Balaban J connectivity index is 2.65. The zero-order valence-electron chi connectivity index (χ0n) is 10.8. The lowest BCUT2D eigenvalue weighted by molar-refractivity contribution is -0.147. The summed E-state index contributed by atoms with van der Waals surface area (Å²) in [4.78, 5) is 12.1. The van der Waals surface area contributed by atoms with Gasteiger partial charge in [-0.05, 0) is 37.5 Å². The van der Waals surface area contributed by atoms with Gasteiger partial charge in [-0.2, -0.15) is 0 Å². The summed E-state index contributed by atoms with van der Waals surface area (Å²) in [6.45, 7) is 8.19. The van der Waals surface area contributed by atoms with Crippen LogP contribution in [-0.2, 0) is 9.53 Å². The number of allylic oxidation sites excluding steroid dienone is 1. The SMILES string of the molecule is C=CCCC(=O)C1(OC)CCC(C)(C)CC1. The predicted molar refractivity (Wildman–Crippen MR) is 66.4 cm³/mol. The number of hydrogen-bond donors (Lipinski definition) is 0. The Kier molecular flexibility index (Phi) is 4.31. The summed E-state index contributed by atoms with van der Waals surface area (Å²) in [5.74, 6) is 0.255. The smallest absolute Gasteiger partial charge is 0.164 e. The van der Waals surface area contributed by atoms with E-state index in [1.165, 1.54) is 0 Å². The molecule has 0 saturated heterocycles. The average Bonchev–Trinajstić information content (AvgIpc) is 2.27. The van der Waals surface area contributed by atoms with Gasteiger partial charge in [0.05, 0.1) is 0 Å². The van der Waals surface area contributed by atoms with Crippen LogP contribution in [0, 0.1) is 5.41 Å². The molecule has 0 heterocycles. The van der Waals surface area contributed by atoms with Crippen molar-refractivity contribution < 1.29 is 9.53 Å². The van der Waals surface area contributed by atoms with Gasteiger partial charge in [-0.25, -0.2) is 0 Å². The Morgan fingerprint density at radius 1 is 1.31 bits per heavy atom. The number of carbonyl (C=O) groups is 1. The molecule has 0 radical (unpaired) electrons. The predicted octanol–water partition coefficient (Wildman–Crippen LogP) is 3.51. The first kappa shape index (κ1) is 13.4. The minimum atomic E-state index is -0.501. The topological polar surface area (TPSA) is 26.3 Å². The van der Waals surface area contributed by atoms with Crippen LogP contribution in [0.25, 0.3) is 0 Å². The second-order valence-electron chi connectivity index (χ2n) is 5.61. The van der Waals surface area contributed by atoms with E-state index in [9.17, 15) is 4.79 Å². The molecular formula is C14H24O2. The van der Waals surface area contributed by atoms with Gasteiger partial charge in [-0.3, -0.25) is 4.79 Å². The molecule has 1 saturated carbocycles. The van der Waals surface area contributed by atoms with Crippen molar-refractivity contribution >= 4 is 5.78 Å². The lowest BCUT2D eigenvalue weighted by atomic mass is 9.69. The van der Waals surface area contributed by atoms with Gasteiger partial charge in [0.15, 0.2) is 5.78 Å². The van der Waals surface area contributed by atoms with Crippen molar-refractivity contribution in [2.24, 2.45) is 5.41 Å². The van der Waals surface area contributed by atoms with Crippen molar-refractivity contribution in [1.29, 1.82) is 0 Å². The molecule has 0 spiro atoms. The normalized spacial score (nSPS) is 22.7. The highest BCUT2D eigenvalue weighted by molar-refractivity contribution is 5.87. The molecule has 16 heavy (non-hydrogen) atoms. The molecule has 1 aliphatic rings. The van der Waals surface area contributed by atoms with Crippen LogP contribution < -0.4 is 0 Å². The average molecular weight is 224 g/mol. The number of carbonyl (C=O) groups excluding carboxylic acids is 1. The third-order valence-electron chi connectivity index (χ3n) is 3.89. The summed E-state index contributed by atoms with van der Waals surface area (Å²) < 4.78 is 5.55. The van der Waals surface area contributed by atoms with Gasteiger partial charge in [0.1, 0.15) is 5.60 Å². The first-order chi connectivity index (χ1) is 7.46. The van der Waals surface area contributed by atoms with E-state index in [0.29, 0.717) is 11.8 Å². The number of rotatable bonds is 5. The fourth-order valence-electron chi connectivity index (χ4n) is 2.39. The van der Waals surface area contributed by atoms with Gasteiger partial charge >= 0.3 is 0 Å². The standard InChI is InChI=1S/C14H24O2/c1-5-6-7-12(15)14(16-4)10-8-13(2,3)9-11-14/h5H,1,6-11H2,2-4H3. The van der Waals surface area contributed by atoms with Gasteiger partial charge in [-0.15, -0.1) is 6.58 Å². The lowest BCUT2D eigenvalue weighted by Crippen LogP contribution is -2.45.